The van der Waals surface area contributed by atoms with Crippen molar-refractivity contribution in [2.24, 2.45) is 5.41 Å². The van der Waals surface area contributed by atoms with E-state index in [9.17, 15) is 8.42 Å². The molecule has 0 aromatic rings. The van der Waals surface area contributed by atoms with Crippen molar-refractivity contribution < 1.29 is 8.42 Å². The van der Waals surface area contributed by atoms with Gasteiger partial charge in [0.2, 0.25) is 10.0 Å². The molecule has 0 saturated carbocycles. The van der Waals surface area contributed by atoms with Gasteiger partial charge in [0.15, 0.2) is 0 Å². The molecule has 3 nitrogen and oxygen atoms in total. The van der Waals surface area contributed by atoms with Gasteiger partial charge < -0.3 is 0 Å². The van der Waals surface area contributed by atoms with E-state index in [1.54, 1.807) is 0 Å². The second kappa shape index (κ2) is 3.75. The van der Waals surface area contributed by atoms with Crippen LogP contribution in [0.2, 0.25) is 0 Å². The van der Waals surface area contributed by atoms with Gasteiger partial charge in [-0.15, -0.1) is 11.6 Å². The lowest BCUT2D eigenvalue weighted by Gasteiger charge is -2.48. The van der Waals surface area contributed by atoms with Crippen molar-refractivity contribution in [3.63, 3.8) is 0 Å². The van der Waals surface area contributed by atoms with Gasteiger partial charge in [-0.25, -0.2) is 8.42 Å². The highest BCUT2D eigenvalue weighted by Gasteiger charge is 2.44. The third kappa shape index (κ3) is 2.00. The van der Waals surface area contributed by atoms with E-state index >= 15 is 0 Å². The third-order valence-electron chi connectivity index (χ3n) is 3.05. The Labute approximate surface area is 85.1 Å². The lowest BCUT2D eigenvalue weighted by molar-refractivity contribution is 0.0619. The van der Waals surface area contributed by atoms with Gasteiger partial charge in [-0.3, -0.25) is 0 Å². The van der Waals surface area contributed by atoms with Crippen molar-refractivity contribution in [1.82, 2.24) is 4.31 Å². The fourth-order valence-electron chi connectivity index (χ4n) is 1.66. The summed E-state index contributed by atoms with van der Waals surface area (Å²) in [6.07, 6.45) is 2.08. The van der Waals surface area contributed by atoms with Crippen LogP contribution in [0, 0.1) is 5.41 Å². The summed E-state index contributed by atoms with van der Waals surface area (Å²) >= 11 is 5.35. The number of nitrogens with zero attached hydrogens (tertiary/aromatic N) is 1. The minimum absolute atomic E-state index is 0.221. The van der Waals surface area contributed by atoms with E-state index in [0.29, 0.717) is 13.1 Å². The average molecular weight is 226 g/mol. The summed E-state index contributed by atoms with van der Waals surface area (Å²) in [6.45, 7) is 5.51. The van der Waals surface area contributed by atoms with E-state index in [1.165, 1.54) is 4.31 Å². The molecule has 1 aliphatic rings. The molecule has 1 aliphatic heterocycles. The van der Waals surface area contributed by atoms with Crippen LogP contribution in [0.1, 0.15) is 26.7 Å². The number of hydrogen-bond donors (Lipinski definition) is 0. The second-order valence-electron chi connectivity index (χ2n) is 3.70. The Balaban J connectivity index is 2.59. The predicted molar refractivity (Wildman–Crippen MR) is 54.2 cm³/mol. The van der Waals surface area contributed by atoms with E-state index in [2.05, 4.69) is 13.8 Å². The minimum Gasteiger partial charge on any atom is -0.211 e. The molecular formula is C8H16ClNO2S. The fraction of sp³-hybridized carbons (Fsp3) is 1.00. The van der Waals surface area contributed by atoms with Gasteiger partial charge in [-0.2, -0.15) is 4.31 Å². The SMILES string of the molecule is CCC1(CC)CN(S(=O)(=O)CCl)C1. The number of halogens is 1. The molecular weight excluding hydrogens is 210 g/mol. The van der Waals surface area contributed by atoms with Crippen molar-refractivity contribution in [2.45, 2.75) is 26.7 Å². The molecule has 0 spiro atoms. The van der Waals surface area contributed by atoms with E-state index < -0.39 is 10.0 Å². The molecule has 1 heterocycles. The van der Waals surface area contributed by atoms with Crippen molar-refractivity contribution in [2.75, 3.05) is 18.3 Å². The van der Waals surface area contributed by atoms with Gasteiger partial charge in [0.25, 0.3) is 0 Å². The molecule has 0 atom stereocenters. The molecule has 0 aromatic heterocycles. The molecule has 0 aliphatic carbocycles. The van der Waals surface area contributed by atoms with Gasteiger partial charge >= 0.3 is 0 Å². The maximum atomic E-state index is 11.3. The molecule has 0 unspecified atom stereocenters. The molecule has 1 saturated heterocycles. The van der Waals surface area contributed by atoms with Crippen LogP contribution in [-0.4, -0.2) is 31.0 Å². The van der Waals surface area contributed by atoms with Crippen LogP contribution in [-0.2, 0) is 10.0 Å². The lowest BCUT2D eigenvalue weighted by Crippen LogP contribution is -2.57. The highest BCUT2D eigenvalue weighted by Crippen LogP contribution is 2.38. The number of sulfonamides is 1. The van der Waals surface area contributed by atoms with Crippen molar-refractivity contribution in [1.29, 1.82) is 0 Å². The summed E-state index contributed by atoms with van der Waals surface area (Å²) in [7, 11) is -3.15. The van der Waals surface area contributed by atoms with Crippen LogP contribution in [0.4, 0.5) is 0 Å². The monoisotopic (exact) mass is 225 g/mol. The maximum absolute atomic E-state index is 11.3. The third-order valence-corrected chi connectivity index (χ3v) is 5.20. The number of hydrogen-bond acceptors (Lipinski definition) is 2. The Morgan fingerprint density at radius 2 is 1.77 bits per heavy atom. The summed E-state index contributed by atoms with van der Waals surface area (Å²) in [6, 6.07) is 0. The van der Waals surface area contributed by atoms with Gasteiger partial charge in [0, 0.05) is 13.1 Å². The summed E-state index contributed by atoms with van der Waals surface area (Å²) < 4.78 is 24.1. The summed E-state index contributed by atoms with van der Waals surface area (Å²) in [5, 5.41) is -0.295. The Bertz CT molecular complexity index is 264. The molecule has 1 fully saturated rings. The zero-order chi connectivity index (χ0) is 10.1. The Morgan fingerprint density at radius 3 is 2.08 bits per heavy atom. The van der Waals surface area contributed by atoms with E-state index in [4.69, 9.17) is 11.6 Å². The van der Waals surface area contributed by atoms with Gasteiger partial charge in [-0.1, -0.05) is 13.8 Å². The van der Waals surface area contributed by atoms with Crippen LogP contribution in [0.3, 0.4) is 0 Å². The van der Waals surface area contributed by atoms with Crippen LogP contribution in [0.15, 0.2) is 0 Å². The van der Waals surface area contributed by atoms with Gasteiger partial charge in [-0.05, 0) is 18.3 Å². The zero-order valence-electron chi connectivity index (χ0n) is 8.09. The molecule has 0 amide bonds. The largest absolute Gasteiger partial charge is 0.228 e. The van der Waals surface area contributed by atoms with Crippen molar-refractivity contribution in [3.05, 3.63) is 0 Å². The molecule has 5 heteroatoms. The Morgan fingerprint density at radius 1 is 1.31 bits per heavy atom. The topological polar surface area (TPSA) is 37.4 Å². The predicted octanol–water partition coefficient (Wildman–Crippen LogP) is 1.63. The first-order chi connectivity index (χ1) is 5.99. The lowest BCUT2D eigenvalue weighted by atomic mass is 9.77. The van der Waals surface area contributed by atoms with Crippen molar-refractivity contribution in [3.8, 4) is 0 Å². The minimum atomic E-state index is -3.15. The Kier molecular flexibility index (Phi) is 3.25. The van der Waals surface area contributed by atoms with Crippen LogP contribution in [0.25, 0.3) is 0 Å². The van der Waals surface area contributed by atoms with E-state index in [-0.39, 0.29) is 10.6 Å². The van der Waals surface area contributed by atoms with E-state index in [1.807, 2.05) is 0 Å². The molecule has 13 heavy (non-hydrogen) atoms. The first kappa shape index (κ1) is 11.3. The first-order valence-electron chi connectivity index (χ1n) is 4.53. The van der Waals surface area contributed by atoms with Crippen molar-refractivity contribution >= 4 is 21.6 Å². The maximum Gasteiger partial charge on any atom is 0.228 e. The zero-order valence-corrected chi connectivity index (χ0v) is 9.66. The smallest absolute Gasteiger partial charge is 0.211 e. The van der Waals surface area contributed by atoms with E-state index in [0.717, 1.165) is 12.8 Å². The first-order valence-corrected chi connectivity index (χ1v) is 6.68. The average Bonchev–Trinajstić information content (AvgIpc) is 2.04. The summed E-state index contributed by atoms with van der Waals surface area (Å²) in [5.74, 6) is 0. The van der Waals surface area contributed by atoms with Gasteiger partial charge in [0.1, 0.15) is 5.21 Å². The summed E-state index contributed by atoms with van der Waals surface area (Å²) in [4.78, 5) is 0. The Hall–Kier alpha value is 0.200. The number of rotatable bonds is 4. The fourth-order valence-corrected chi connectivity index (χ4v) is 3.16. The highest BCUT2D eigenvalue weighted by atomic mass is 35.5. The molecule has 0 radical (unpaired) electrons. The normalized spacial score (nSPS) is 22.7. The molecule has 78 valence electrons. The number of alkyl halides is 1. The van der Waals surface area contributed by atoms with Crippen LogP contribution in [0.5, 0.6) is 0 Å². The quantitative estimate of drug-likeness (QED) is 0.683. The second-order valence-corrected chi connectivity index (χ2v) is 6.25. The highest BCUT2D eigenvalue weighted by molar-refractivity contribution is 7.90. The van der Waals surface area contributed by atoms with Crippen LogP contribution < -0.4 is 0 Å². The molecule has 0 N–H and O–H groups in total. The molecule has 0 aromatic carbocycles. The van der Waals surface area contributed by atoms with Gasteiger partial charge in [0.05, 0.1) is 0 Å². The molecule has 0 bridgehead atoms. The standard InChI is InChI=1S/C8H16ClNO2S/c1-3-8(4-2)5-10(6-8)13(11,12)7-9/h3-7H2,1-2H3. The summed E-state index contributed by atoms with van der Waals surface area (Å²) in [5.41, 5.74) is 0.221. The molecule has 1 rings (SSSR count). The van der Waals surface area contributed by atoms with Crippen LogP contribution >= 0.6 is 11.6 Å².